The monoisotopic (exact) mass is 331 g/mol. The third-order valence-corrected chi connectivity index (χ3v) is 3.98. The second-order valence-electron chi connectivity index (χ2n) is 6.15. The summed E-state index contributed by atoms with van der Waals surface area (Å²) >= 11 is 0. The summed E-state index contributed by atoms with van der Waals surface area (Å²) in [5, 5.41) is 17.3. The van der Waals surface area contributed by atoms with Crippen molar-refractivity contribution in [2.24, 2.45) is 7.05 Å². The zero-order valence-corrected chi connectivity index (χ0v) is 14.5. The largest absolute Gasteiger partial charge is 0.497 e. The van der Waals surface area contributed by atoms with Gasteiger partial charge >= 0.3 is 0 Å². The van der Waals surface area contributed by atoms with E-state index >= 15 is 0 Å². The van der Waals surface area contributed by atoms with Crippen molar-refractivity contribution in [2.75, 3.05) is 13.7 Å². The zero-order valence-electron chi connectivity index (χ0n) is 14.5. The number of aliphatic hydroxyl groups is 1. The van der Waals surface area contributed by atoms with Crippen molar-refractivity contribution in [1.82, 2.24) is 15.1 Å². The summed E-state index contributed by atoms with van der Waals surface area (Å²) in [6.45, 7) is 1.84. The van der Waals surface area contributed by atoms with Gasteiger partial charge in [-0.3, -0.25) is 9.48 Å². The average molecular weight is 331 g/mol. The van der Waals surface area contributed by atoms with Gasteiger partial charge in [-0.05, 0) is 37.5 Å². The van der Waals surface area contributed by atoms with E-state index in [4.69, 9.17) is 4.74 Å². The molecule has 0 aliphatic carbocycles. The van der Waals surface area contributed by atoms with Crippen LogP contribution in [0.25, 0.3) is 0 Å². The standard InChI is InChI=1S/C18H25N3O3/c1-18(23,15-11-20-21(2)12-15)13-19-17(22)6-4-5-14-7-9-16(24-3)10-8-14/h7-12,23H,4-6,13H2,1-3H3,(H,19,22). The molecule has 1 unspecified atom stereocenters. The molecule has 0 bridgehead atoms. The SMILES string of the molecule is COc1ccc(CCCC(=O)NCC(C)(O)c2cnn(C)c2)cc1. The summed E-state index contributed by atoms with van der Waals surface area (Å²) in [4.78, 5) is 12.0. The lowest BCUT2D eigenvalue weighted by Crippen LogP contribution is -2.38. The number of nitrogens with zero attached hydrogens (tertiary/aromatic N) is 2. The van der Waals surface area contributed by atoms with Crippen molar-refractivity contribution in [2.45, 2.75) is 31.8 Å². The van der Waals surface area contributed by atoms with E-state index in [0.29, 0.717) is 12.0 Å². The summed E-state index contributed by atoms with van der Waals surface area (Å²) in [5.41, 5.74) is 0.731. The van der Waals surface area contributed by atoms with Crippen molar-refractivity contribution >= 4 is 5.91 Å². The van der Waals surface area contributed by atoms with Crippen LogP contribution in [0.3, 0.4) is 0 Å². The topological polar surface area (TPSA) is 76.4 Å². The fourth-order valence-corrected chi connectivity index (χ4v) is 2.41. The highest BCUT2D eigenvalue weighted by Crippen LogP contribution is 2.18. The van der Waals surface area contributed by atoms with Crippen LogP contribution in [-0.4, -0.2) is 34.4 Å². The molecule has 6 nitrogen and oxygen atoms in total. The molecule has 1 aromatic carbocycles. The van der Waals surface area contributed by atoms with Gasteiger partial charge in [0.25, 0.3) is 0 Å². The first-order valence-electron chi connectivity index (χ1n) is 8.02. The van der Waals surface area contributed by atoms with Crippen molar-refractivity contribution in [3.63, 3.8) is 0 Å². The number of hydrogen-bond donors (Lipinski definition) is 2. The number of amides is 1. The Morgan fingerprint density at radius 1 is 1.38 bits per heavy atom. The van der Waals surface area contributed by atoms with E-state index in [9.17, 15) is 9.90 Å². The predicted octanol–water partition coefficient (Wildman–Crippen LogP) is 1.78. The number of nitrogens with one attached hydrogen (secondary N) is 1. The number of aromatic nitrogens is 2. The molecule has 2 N–H and O–H groups in total. The molecule has 0 aliphatic heterocycles. The van der Waals surface area contributed by atoms with Crippen LogP contribution < -0.4 is 10.1 Å². The van der Waals surface area contributed by atoms with E-state index in [1.165, 1.54) is 5.56 Å². The fraction of sp³-hybridized carbons (Fsp3) is 0.444. The number of carbonyl (C=O) groups excluding carboxylic acids is 1. The molecular formula is C18H25N3O3. The second kappa shape index (κ2) is 7.97. The van der Waals surface area contributed by atoms with Crippen LogP contribution in [0, 0.1) is 0 Å². The highest BCUT2D eigenvalue weighted by molar-refractivity contribution is 5.75. The van der Waals surface area contributed by atoms with Crippen molar-refractivity contribution in [3.05, 3.63) is 47.8 Å². The molecule has 0 aliphatic rings. The Bertz CT molecular complexity index is 662. The van der Waals surface area contributed by atoms with Crippen LogP contribution in [0.15, 0.2) is 36.7 Å². The highest BCUT2D eigenvalue weighted by atomic mass is 16.5. The molecule has 6 heteroatoms. The maximum absolute atomic E-state index is 12.0. The van der Waals surface area contributed by atoms with Crippen molar-refractivity contribution < 1.29 is 14.6 Å². The van der Waals surface area contributed by atoms with Gasteiger partial charge in [0.05, 0.1) is 19.9 Å². The van der Waals surface area contributed by atoms with Gasteiger partial charge < -0.3 is 15.2 Å². The Labute approximate surface area is 142 Å². The summed E-state index contributed by atoms with van der Waals surface area (Å²) in [5.74, 6) is 0.766. The Kier molecular flexibility index (Phi) is 5.98. The minimum absolute atomic E-state index is 0.0623. The quantitative estimate of drug-likeness (QED) is 0.773. The van der Waals surface area contributed by atoms with Gasteiger partial charge in [-0.1, -0.05) is 12.1 Å². The van der Waals surface area contributed by atoms with Crippen molar-refractivity contribution in [3.8, 4) is 5.75 Å². The van der Waals surface area contributed by atoms with Crippen LogP contribution in [0.2, 0.25) is 0 Å². The highest BCUT2D eigenvalue weighted by Gasteiger charge is 2.25. The van der Waals surface area contributed by atoms with Crippen molar-refractivity contribution in [1.29, 1.82) is 0 Å². The molecule has 1 aromatic heterocycles. The molecule has 0 radical (unpaired) electrons. The second-order valence-corrected chi connectivity index (χ2v) is 6.15. The summed E-state index contributed by atoms with van der Waals surface area (Å²) in [7, 11) is 3.43. The fourth-order valence-electron chi connectivity index (χ4n) is 2.41. The third-order valence-electron chi connectivity index (χ3n) is 3.98. The maximum Gasteiger partial charge on any atom is 0.220 e. The molecule has 0 spiro atoms. The van der Waals surface area contributed by atoms with Gasteiger partial charge in [0.1, 0.15) is 11.4 Å². The Morgan fingerprint density at radius 2 is 2.08 bits per heavy atom. The number of benzene rings is 1. The Morgan fingerprint density at radius 3 is 2.67 bits per heavy atom. The van der Waals surface area contributed by atoms with Crippen LogP contribution in [0.4, 0.5) is 0 Å². The van der Waals surface area contributed by atoms with Crippen LogP contribution in [-0.2, 0) is 23.9 Å². The molecular weight excluding hydrogens is 306 g/mol. The molecule has 0 saturated carbocycles. The summed E-state index contributed by atoms with van der Waals surface area (Å²) in [6.07, 6.45) is 5.37. The number of hydrogen-bond acceptors (Lipinski definition) is 4. The number of aryl methyl sites for hydroxylation is 2. The first-order valence-corrected chi connectivity index (χ1v) is 8.02. The Balaban J connectivity index is 1.73. The summed E-state index contributed by atoms with van der Waals surface area (Å²) in [6, 6.07) is 7.84. The van der Waals surface area contributed by atoms with Gasteiger partial charge in [-0.25, -0.2) is 0 Å². The van der Waals surface area contributed by atoms with E-state index < -0.39 is 5.60 Å². The molecule has 0 fully saturated rings. The normalized spacial score (nSPS) is 13.3. The number of carbonyl (C=O) groups is 1. The third kappa shape index (κ3) is 5.09. The minimum atomic E-state index is -1.13. The molecule has 0 saturated heterocycles. The molecule has 24 heavy (non-hydrogen) atoms. The van der Waals surface area contributed by atoms with E-state index in [1.54, 1.807) is 38.2 Å². The van der Waals surface area contributed by atoms with Gasteiger partial charge in [0, 0.05) is 25.2 Å². The molecule has 2 aromatic rings. The lowest BCUT2D eigenvalue weighted by Gasteiger charge is -2.22. The van der Waals surface area contributed by atoms with Crippen LogP contribution in [0.1, 0.15) is 30.9 Å². The molecule has 2 rings (SSSR count). The zero-order chi connectivity index (χ0) is 17.6. The minimum Gasteiger partial charge on any atom is -0.497 e. The smallest absolute Gasteiger partial charge is 0.220 e. The molecule has 130 valence electrons. The predicted molar refractivity (Wildman–Crippen MR) is 91.7 cm³/mol. The van der Waals surface area contributed by atoms with E-state index in [2.05, 4.69) is 10.4 Å². The van der Waals surface area contributed by atoms with Gasteiger partial charge in [-0.2, -0.15) is 5.10 Å². The molecule has 1 amide bonds. The number of rotatable bonds is 8. The number of methoxy groups -OCH3 is 1. The van der Waals surface area contributed by atoms with Gasteiger partial charge in [-0.15, -0.1) is 0 Å². The molecule has 1 heterocycles. The van der Waals surface area contributed by atoms with Crippen LogP contribution in [0.5, 0.6) is 5.75 Å². The lowest BCUT2D eigenvalue weighted by molar-refractivity contribution is -0.122. The Hall–Kier alpha value is -2.34. The first kappa shape index (κ1) is 18.0. The lowest BCUT2D eigenvalue weighted by atomic mass is 9.99. The maximum atomic E-state index is 12.0. The van der Waals surface area contributed by atoms with E-state index in [-0.39, 0.29) is 12.5 Å². The average Bonchev–Trinajstić information content (AvgIpc) is 3.01. The van der Waals surface area contributed by atoms with E-state index in [1.807, 2.05) is 24.3 Å². The molecule has 1 atom stereocenters. The van der Waals surface area contributed by atoms with Gasteiger partial charge in [0.2, 0.25) is 5.91 Å². The van der Waals surface area contributed by atoms with Crippen LogP contribution >= 0.6 is 0 Å². The van der Waals surface area contributed by atoms with Gasteiger partial charge in [0.15, 0.2) is 0 Å². The number of ether oxygens (including phenoxy) is 1. The van der Waals surface area contributed by atoms with E-state index in [0.717, 1.165) is 18.6 Å². The first-order chi connectivity index (χ1) is 11.4. The summed E-state index contributed by atoms with van der Waals surface area (Å²) < 4.78 is 6.75.